The lowest BCUT2D eigenvalue weighted by Crippen LogP contribution is -2.46. The highest BCUT2D eigenvalue weighted by molar-refractivity contribution is 5.78. The van der Waals surface area contributed by atoms with Crippen LogP contribution in [-0.4, -0.2) is 55.7 Å². The van der Waals surface area contributed by atoms with Crippen LogP contribution < -0.4 is 10.6 Å². The van der Waals surface area contributed by atoms with E-state index in [4.69, 9.17) is 0 Å². The van der Waals surface area contributed by atoms with E-state index in [1.807, 2.05) is 10.2 Å². The van der Waals surface area contributed by atoms with Gasteiger partial charge in [0, 0.05) is 12.6 Å². The molecule has 1 saturated carbocycles. The largest absolute Gasteiger partial charge is 0.405 e. The molecule has 2 N–H and O–H groups in total. The van der Waals surface area contributed by atoms with Gasteiger partial charge in [0.15, 0.2) is 0 Å². The zero-order chi connectivity index (χ0) is 14.6. The van der Waals surface area contributed by atoms with Crippen LogP contribution in [0.4, 0.5) is 13.2 Å². The Morgan fingerprint density at radius 3 is 2.65 bits per heavy atom. The Hall–Kier alpha value is -0.820. The third-order valence-corrected chi connectivity index (χ3v) is 3.73. The summed E-state index contributed by atoms with van der Waals surface area (Å²) in [6.07, 6.45) is 0.283. The first-order chi connectivity index (χ1) is 9.42. The number of carbonyl (C=O) groups is 1. The molecule has 2 rings (SSSR count). The van der Waals surface area contributed by atoms with Crippen molar-refractivity contribution in [2.45, 2.75) is 37.9 Å². The van der Waals surface area contributed by atoms with Crippen molar-refractivity contribution in [2.75, 3.05) is 32.7 Å². The van der Waals surface area contributed by atoms with Gasteiger partial charge in [0.2, 0.25) is 5.91 Å². The number of nitrogens with zero attached hydrogens (tertiary/aromatic N) is 1. The molecule has 0 radical (unpaired) electrons. The summed E-state index contributed by atoms with van der Waals surface area (Å²) in [4.78, 5) is 13.4. The number of alkyl halides is 3. The molecule has 1 saturated heterocycles. The van der Waals surface area contributed by atoms with Gasteiger partial charge in [0.05, 0.1) is 6.54 Å². The van der Waals surface area contributed by atoms with Gasteiger partial charge in [-0.25, -0.2) is 0 Å². The molecule has 7 heteroatoms. The fourth-order valence-corrected chi connectivity index (χ4v) is 2.54. The van der Waals surface area contributed by atoms with Gasteiger partial charge in [-0.2, -0.15) is 13.2 Å². The molecule has 1 aliphatic heterocycles. The molecule has 2 aliphatic rings. The van der Waals surface area contributed by atoms with Gasteiger partial charge in [-0.15, -0.1) is 0 Å². The zero-order valence-corrected chi connectivity index (χ0v) is 11.5. The number of hydrogen-bond donors (Lipinski definition) is 2. The van der Waals surface area contributed by atoms with Crippen molar-refractivity contribution in [3.8, 4) is 0 Å². The number of piperidine rings is 1. The van der Waals surface area contributed by atoms with E-state index in [1.165, 1.54) is 12.8 Å². The summed E-state index contributed by atoms with van der Waals surface area (Å²) in [5, 5.41) is 5.39. The second-order valence-electron chi connectivity index (χ2n) is 5.82. The Balaban J connectivity index is 1.64. The zero-order valence-electron chi connectivity index (χ0n) is 11.5. The lowest BCUT2D eigenvalue weighted by molar-refractivity contribution is -0.139. The van der Waals surface area contributed by atoms with Gasteiger partial charge in [-0.05, 0) is 44.7 Å². The minimum atomic E-state index is -4.34. The van der Waals surface area contributed by atoms with Gasteiger partial charge in [-0.1, -0.05) is 0 Å². The van der Waals surface area contributed by atoms with E-state index in [0.29, 0.717) is 12.0 Å². The van der Waals surface area contributed by atoms with Gasteiger partial charge in [0.25, 0.3) is 0 Å². The molecule has 1 unspecified atom stereocenters. The van der Waals surface area contributed by atoms with Gasteiger partial charge in [0.1, 0.15) is 6.54 Å². The highest BCUT2D eigenvalue weighted by Crippen LogP contribution is 2.21. The molecule has 20 heavy (non-hydrogen) atoms. The normalized spacial score (nSPS) is 24.6. The van der Waals surface area contributed by atoms with Crippen LogP contribution in [0, 0.1) is 5.92 Å². The number of rotatable bonds is 6. The monoisotopic (exact) mass is 293 g/mol. The maximum atomic E-state index is 12.0. The second-order valence-corrected chi connectivity index (χ2v) is 5.82. The van der Waals surface area contributed by atoms with Crippen molar-refractivity contribution < 1.29 is 18.0 Å². The van der Waals surface area contributed by atoms with E-state index in [9.17, 15) is 18.0 Å². The topological polar surface area (TPSA) is 44.4 Å². The lowest BCUT2D eigenvalue weighted by Gasteiger charge is -2.32. The van der Waals surface area contributed by atoms with E-state index in [0.717, 1.165) is 32.5 Å². The summed E-state index contributed by atoms with van der Waals surface area (Å²) < 4.78 is 36.0. The number of hydrogen-bond acceptors (Lipinski definition) is 3. The predicted octanol–water partition coefficient (Wildman–Crippen LogP) is 1.13. The maximum Gasteiger partial charge on any atom is 0.405 e. The SMILES string of the molecule is O=C(CN1CCCC(CNC2CC2)C1)NCC(F)(F)F. The molecule has 2 fully saturated rings. The summed E-state index contributed by atoms with van der Waals surface area (Å²) in [6, 6.07) is 0.667. The van der Waals surface area contributed by atoms with E-state index < -0.39 is 18.6 Å². The highest BCUT2D eigenvalue weighted by atomic mass is 19.4. The third-order valence-electron chi connectivity index (χ3n) is 3.73. The summed E-state index contributed by atoms with van der Waals surface area (Å²) in [5.41, 5.74) is 0. The van der Waals surface area contributed by atoms with Crippen molar-refractivity contribution >= 4 is 5.91 Å². The molecule has 4 nitrogen and oxygen atoms in total. The van der Waals surface area contributed by atoms with Crippen LogP contribution in [0.3, 0.4) is 0 Å². The smallest absolute Gasteiger partial charge is 0.346 e. The van der Waals surface area contributed by atoms with Crippen LogP contribution >= 0.6 is 0 Å². The van der Waals surface area contributed by atoms with Crippen LogP contribution in [0.2, 0.25) is 0 Å². The van der Waals surface area contributed by atoms with Crippen LogP contribution in [0.25, 0.3) is 0 Å². The average molecular weight is 293 g/mol. The Kier molecular flexibility index (Phi) is 5.26. The molecule has 0 bridgehead atoms. The Labute approximate surface area is 117 Å². The van der Waals surface area contributed by atoms with Crippen molar-refractivity contribution in [1.29, 1.82) is 0 Å². The number of halogens is 3. The van der Waals surface area contributed by atoms with E-state index >= 15 is 0 Å². The van der Waals surface area contributed by atoms with Crippen molar-refractivity contribution in [1.82, 2.24) is 15.5 Å². The predicted molar refractivity (Wildman–Crippen MR) is 69.3 cm³/mol. The number of likely N-dealkylation sites (tertiary alicyclic amines) is 1. The molecule has 0 aromatic heterocycles. The van der Waals surface area contributed by atoms with Crippen LogP contribution in [-0.2, 0) is 4.79 Å². The quantitative estimate of drug-likeness (QED) is 0.771. The van der Waals surface area contributed by atoms with Crippen LogP contribution in [0.5, 0.6) is 0 Å². The molecular formula is C13H22F3N3O. The van der Waals surface area contributed by atoms with E-state index in [1.54, 1.807) is 0 Å². The van der Waals surface area contributed by atoms with E-state index in [2.05, 4.69) is 5.32 Å². The van der Waals surface area contributed by atoms with Gasteiger partial charge in [-0.3, -0.25) is 9.69 Å². The fourth-order valence-electron chi connectivity index (χ4n) is 2.54. The minimum Gasteiger partial charge on any atom is -0.346 e. The van der Waals surface area contributed by atoms with Gasteiger partial charge < -0.3 is 10.6 Å². The molecule has 116 valence electrons. The van der Waals surface area contributed by atoms with Crippen molar-refractivity contribution in [3.63, 3.8) is 0 Å². The standard InChI is InChI=1S/C13H22F3N3O/c14-13(15,16)9-18-12(20)8-19-5-1-2-10(7-19)6-17-11-3-4-11/h10-11,17H,1-9H2,(H,18,20). The molecule has 1 amide bonds. The molecule has 0 spiro atoms. The highest BCUT2D eigenvalue weighted by Gasteiger charge is 2.29. The summed E-state index contributed by atoms with van der Waals surface area (Å²) in [6.45, 7) is 1.35. The average Bonchev–Trinajstić information content (AvgIpc) is 3.18. The lowest BCUT2D eigenvalue weighted by atomic mass is 9.98. The molecule has 1 heterocycles. The number of carbonyl (C=O) groups excluding carboxylic acids is 1. The Morgan fingerprint density at radius 2 is 2.00 bits per heavy atom. The van der Waals surface area contributed by atoms with Crippen molar-refractivity contribution in [2.24, 2.45) is 5.92 Å². The first-order valence-electron chi connectivity index (χ1n) is 7.21. The summed E-state index contributed by atoms with van der Waals surface area (Å²) in [7, 11) is 0. The maximum absolute atomic E-state index is 12.0. The van der Waals surface area contributed by atoms with Crippen LogP contribution in [0.1, 0.15) is 25.7 Å². The summed E-state index contributed by atoms with van der Waals surface area (Å²) >= 11 is 0. The number of amides is 1. The first-order valence-corrected chi connectivity index (χ1v) is 7.21. The Bertz CT molecular complexity index is 331. The molecular weight excluding hydrogens is 271 g/mol. The van der Waals surface area contributed by atoms with Crippen LogP contribution in [0.15, 0.2) is 0 Å². The fraction of sp³-hybridized carbons (Fsp3) is 0.923. The van der Waals surface area contributed by atoms with Gasteiger partial charge >= 0.3 is 6.18 Å². The number of nitrogens with one attached hydrogen (secondary N) is 2. The molecule has 0 aromatic carbocycles. The van der Waals surface area contributed by atoms with E-state index in [-0.39, 0.29) is 6.54 Å². The summed E-state index contributed by atoms with van der Waals surface area (Å²) in [5.74, 6) is -0.0436. The molecule has 1 aliphatic carbocycles. The minimum absolute atomic E-state index is 0.0655. The first kappa shape index (κ1) is 15.6. The molecule has 1 atom stereocenters. The van der Waals surface area contributed by atoms with Crippen molar-refractivity contribution in [3.05, 3.63) is 0 Å². The third kappa shape index (κ3) is 6.09. The second kappa shape index (κ2) is 6.76. The molecule has 0 aromatic rings. The Morgan fingerprint density at radius 1 is 1.25 bits per heavy atom.